The van der Waals surface area contributed by atoms with Crippen LogP contribution in [0.3, 0.4) is 0 Å². The number of nitrogens with zero attached hydrogens (tertiary/aromatic N) is 3. The van der Waals surface area contributed by atoms with Crippen LogP contribution in [-0.4, -0.2) is 60.0 Å². The molecule has 1 aromatic carbocycles. The van der Waals surface area contributed by atoms with Gasteiger partial charge in [-0.3, -0.25) is 4.79 Å². The highest BCUT2D eigenvalue weighted by atomic mass is 32.1. The van der Waals surface area contributed by atoms with Crippen LogP contribution in [0.1, 0.15) is 29.1 Å². The van der Waals surface area contributed by atoms with E-state index in [1.807, 2.05) is 17.0 Å². The maximum absolute atomic E-state index is 13.1. The van der Waals surface area contributed by atoms with Crippen LogP contribution in [0.4, 0.5) is 0 Å². The summed E-state index contributed by atoms with van der Waals surface area (Å²) in [6, 6.07) is 6.44. The van der Waals surface area contributed by atoms with Gasteiger partial charge in [-0.25, -0.2) is 4.98 Å². The summed E-state index contributed by atoms with van der Waals surface area (Å²) < 4.78 is 5.57. The highest BCUT2D eigenvalue weighted by molar-refractivity contribution is 7.16. The van der Waals surface area contributed by atoms with Gasteiger partial charge < -0.3 is 14.5 Å². The number of hydrogen-bond donors (Lipinski definition) is 0. The summed E-state index contributed by atoms with van der Waals surface area (Å²) in [5.41, 5.74) is 2.29. The minimum Gasteiger partial charge on any atom is -0.493 e. The number of fused-ring (bicyclic) bond motifs is 1. The molecule has 0 bridgehead atoms. The lowest BCUT2D eigenvalue weighted by Crippen LogP contribution is -2.55. The number of piperazine rings is 1. The first-order valence-electron chi connectivity index (χ1n) is 9.24. The van der Waals surface area contributed by atoms with E-state index in [-0.39, 0.29) is 11.9 Å². The molecule has 4 rings (SSSR count). The molecule has 0 aliphatic carbocycles. The first-order chi connectivity index (χ1) is 12.5. The molecule has 5 nitrogen and oxygen atoms in total. The summed E-state index contributed by atoms with van der Waals surface area (Å²) in [6.07, 6.45) is 2.68. The number of amides is 1. The Kier molecular flexibility index (Phi) is 4.71. The van der Waals surface area contributed by atoms with Crippen LogP contribution in [0.15, 0.2) is 24.4 Å². The fourth-order valence-electron chi connectivity index (χ4n) is 3.74. The summed E-state index contributed by atoms with van der Waals surface area (Å²) in [6.45, 7) is 7.76. The SMILES string of the molecule is CC(C)C1CN(C)CCN1C(=O)c1cnc(-c2ccc3c(c2)CCO3)s1. The van der Waals surface area contributed by atoms with Gasteiger partial charge in [-0.05, 0) is 36.7 Å². The van der Waals surface area contributed by atoms with Crippen molar-refractivity contribution in [1.29, 1.82) is 0 Å². The van der Waals surface area contributed by atoms with Crippen molar-refractivity contribution < 1.29 is 9.53 Å². The van der Waals surface area contributed by atoms with Crippen molar-refractivity contribution >= 4 is 17.2 Å². The van der Waals surface area contributed by atoms with E-state index in [1.165, 1.54) is 16.9 Å². The van der Waals surface area contributed by atoms with Crippen molar-refractivity contribution in [2.75, 3.05) is 33.3 Å². The molecule has 1 saturated heterocycles. The van der Waals surface area contributed by atoms with Gasteiger partial charge in [0.05, 0.1) is 12.8 Å². The van der Waals surface area contributed by atoms with E-state index in [0.717, 1.165) is 53.9 Å². The van der Waals surface area contributed by atoms with Crippen LogP contribution < -0.4 is 4.74 Å². The minimum atomic E-state index is 0.116. The molecular weight excluding hydrogens is 346 g/mol. The predicted molar refractivity (Wildman–Crippen MR) is 104 cm³/mol. The molecule has 138 valence electrons. The van der Waals surface area contributed by atoms with Crippen molar-refractivity contribution in [3.05, 3.63) is 34.8 Å². The zero-order chi connectivity index (χ0) is 18.3. The molecule has 1 aromatic heterocycles. The minimum absolute atomic E-state index is 0.116. The molecule has 1 atom stereocenters. The number of hydrogen-bond acceptors (Lipinski definition) is 5. The van der Waals surface area contributed by atoms with Gasteiger partial charge in [-0.2, -0.15) is 0 Å². The summed E-state index contributed by atoms with van der Waals surface area (Å²) in [5.74, 6) is 1.52. The van der Waals surface area contributed by atoms with Crippen LogP contribution in [0.5, 0.6) is 5.75 Å². The lowest BCUT2D eigenvalue weighted by Gasteiger charge is -2.42. The Morgan fingerprint density at radius 2 is 2.19 bits per heavy atom. The van der Waals surface area contributed by atoms with E-state index in [2.05, 4.69) is 36.8 Å². The fourth-order valence-corrected chi connectivity index (χ4v) is 4.61. The number of likely N-dealkylation sites (N-methyl/N-ethyl adjacent to an activating group) is 1. The number of aromatic nitrogens is 1. The number of thiazole rings is 1. The van der Waals surface area contributed by atoms with Gasteiger partial charge in [0.2, 0.25) is 0 Å². The summed E-state index contributed by atoms with van der Waals surface area (Å²) >= 11 is 1.49. The van der Waals surface area contributed by atoms with Gasteiger partial charge in [0, 0.05) is 37.7 Å². The normalized spacial score (nSPS) is 20.3. The first-order valence-corrected chi connectivity index (χ1v) is 10.1. The zero-order valence-corrected chi connectivity index (χ0v) is 16.4. The average molecular weight is 372 g/mol. The third kappa shape index (κ3) is 3.23. The summed E-state index contributed by atoms with van der Waals surface area (Å²) in [7, 11) is 2.12. The van der Waals surface area contributed by atoms with Gasteiger partial charge in [0.25, 0.3) is 5.91 Å². The topological polar surface area (TPSA) is 45.7 Å². The van der Waals surface area contributed by atoms with Crippen LogP contribution in [0, 0.1) is 5.92 Å². The molecule has 26 heavy (non-hydrogen) atoms. The lowest BCUT2D eigenvalue weighted by molar-refractivity contribution is 0.0407. The first kappa shape index (κ1) is 17.5. The molecule has 1 amide bonds. The highest BCUT2D eigenvalue weighted by Crippen LogP contribution is 2.33. The average Bonchev–Trinajstić information content (AvgIpc) is 3.29. The molecule has 2 aliphatic heterocycles. The van der Waals surface area contributed by atoms with E-state index >= 15 is 0 Å². The van der Waals surface area contributed by atoms with Crippen molar-refractivity contribution in [1.82, 2.24) is 14.8 Å². The molecule has 2 aliphatic rings. The van der Waals surface area contributed by atoms with E-state index in [9.17, 15) is 4.79 Å². The maximum Gasteiger partial charge on any atom is 0.265 e. The number of benzene rings is 1. The van der Waals surface area contributed by atoms with Crippen molar-refractivity contribution in [3.8, 4) is 16.3 Å². The van der Waals surface area contributed by atoms with Gasteiger partial charge in [-0.15, -0.1) is 11.3 Å². The Balaban J connectivity index is 1.56. The van der Waals surface area contributed by atoms with E-state index in [0.29, 0.717) is 5.92 Å². The van der Waals surface area contributed by atoms with Crippen LogP contribution in [0.2, 0.25) is 0 Å². The zero-order valence-electron chi connectivity index (χ0n) is 15.6. The molecule has 2 aromatic rings. The Bertz CT molecular complexity index is 817. The molecule has 0 N–H and O–H groups in total. The molecule has 3 heterocycles. The third-order valence-corrected chi connectivity index (χ3v) is 6.34. The summed E-state index contributed by atoms with van der Waals surface area (Å²) in [4.78, 5) is 22.7. The third-order valence-electron chi connectivity index (χ3n) is 5.30. The Labute approximate surface area is 158 Å². The smallest absolute Gasteiger partial charge is 0.265 e. The second-order valence-electron chi connectivity index (χ2n) is 7.52. The second kappa shape index (κ2) is 7.00. The quantitative estimate of drug-likeness (QED) is 0.831. The van der Waals surface area contributed by atoms with Crippen LogP contribution in [0.25, 0.3) is 10.6 Å². The van der Waals surface area contributed by atoms with Gasteiger partial charge in [-0.1, -0.05) is 13.8 Å². The Hall–Kier alpha value is -1.92. The number of carbonyl (C=O) groups is 1. The Morgan fingerprint density at radius 3 is 3.00 bits per heavy atom. The number of ether oxygens (including phenoxy) is 1. The molecule has 1 fully saturated rings. The standard InChI is InChI=1S/C20H25N3O2S/c1-13(2)16-12-22(3)7-8-23(16)20(24)18-11-21-19(26-18)15-4-5-17-14(10-15)6-9-25-17/h4-5,10-11,13,16H,6-9,12H2,1-3H3. The second-order valence-corrected chi connectivity index (χ2v) is 8.55. The summed E-state index contributed by atoms with van der Waals surface area (Å²) in [5, 5.41) is 0.901. The number of rotatable bonds is 3. The van der Waals surface area contributed by atoms with Gasteiger partial charge >= 0.3 is 0 Å². The van der Waals surface area contributed by atoms with Crippen molar-refractivity contribution in [3.63, 3.8) is 0 Å². The van der Waals surface area contributed by atoms with Crippen LogP contribution in [-0.2, 0) is 6.42 Å². The van der Waals surface area contributed by atoms with Gasteiger partial charge in [0.1, 0.15) is 15.6 Å². The van der Waals surface area contributed by atoms with Gasteiger partial charge in [0.15, 0.2) is 0 Å². The van der Waals surface area contributed by atoms with Crippen LogP contribution >= 0.6 is 11.3 Å². The largest absolute Gasteiger partial charge is 0.493 e. The van der Waals surface area contributed by atoms with E-state index < -0.39 is 0 Å². The van der Waals surface area contributed by atoms with E-state index in [1.54, 1.807) is 6.20 Å². The maximum atomic E-state index is 13.1. The molecule has 0 saturated carbocycles. The lowest BCUT2D eigenvalue weighted by atomic mass is 9.99. The van der Waals surface area contributed by atoms with E-state index in [4.69, 9.17) is 4.74 Å². The molecule has 6 heteroatoms. The Morgan fingerprint density at radius 1 is 1.35 bits per heavy atom. The molecule has 1 unspecified atom stereocenters. The highest BCUT2D eigenvalue weighted by Gasteiger charge is 2.32. The van der Waals surface area contributed by atoms with Crippen molar-refractivity contribution in [2.45, 2.75) is 26.3 Å². The number of carbonyl (C=O) groups excluding carboxylic acids is 1. The molecule has 0 radical (unpaired) electrons. The molecule has 0 spiro atoms. The van der Waals surface area contributed by atoms with Crippen molar-refractivity contribution in [2.24, 2.45) is 5.92 Å². The fraction of sp³-hybridized carbons (Fsp3) is 0.500. The molecular formula is C20H25N3O2S. The monoisotopic (exact) mass is 371 g/mol. The predicted octanol–water partition coefficient (Wildman–Crippen LogP) is 3.16.